The van der Waals surface area contributed by atoms with Crippen molar-refractivity contribution in [1.82, 2.24) is 31.2 Å². The van der Waals surface area contributed by atoms with Crippen molar-refractivity contribution in [3.05, 3.63) is 18.2 Å². The number of aliphatic imine (C=N–C) groups is 1. The number of nitrogens with one attached hydrogen (secondary N) is 5. The van der Waals surface area contributed by atoms with Crippen LogP contribution in [0.3, 0.4) is 0 Å². The number of aromatic nitrogens is 2. The molecule has 3 amide bonds. The zero-order chi connectivity index (χ0) is 27.4. The maximum atomic E-state index is 13.0. The molecule has 204 valence electrons. The predicted octanol–water partition coefficient (Wildman–Crippen LogP) is -3.23. The van der Waals surface area contributed by atoms with Crippen LogP contribution < -0.4 is 32.7 Å². The Bertz CT molecular complexity index is 973. The quantitative estimate of drug-likeness (QED) is 0.0626. The summed E-state index contributed by atoms with van der Waals surface area (Å²) >= 11 is 0. The first-order valence-corrected chi connectivity index (χ1v) is 11.7. The summed E-state index contributed by atoms with van der Waals surface area (Å²) in [5.74, 6) is -5.04. The van der Waals surface area contributed by atoms with E-state index in [1.165, 1.54) is 12.5 Å². The number of rotatable bonds is 15. The highest BCUT2D eigenvalue weighted by atomic mass is 16.4. The van der Waals surface area contributed by atoms with Crippen LogP contribution in [-0.4, -0.2) is 93.1 Å². The number of aromatic amines is 1. The molecule has 16 heteroatoms. The van der Waals surface area contributed by atoms with Gasteiger partial charge in [0, 0.05) is 24.9 Å². The third kappa shape index (κ3) is 10.1. The molecule has 4 unspecified atom stereocenters. The molecule has 0 saturated carbocycles. The van der Waals surface area contributed by atoms with Gasteiger partial charge in [-0.1, -0.05) is 0 Å². The summed E-state index contributed by atoms with van der Waals surface area (Å²) in [4.78, 5) is 71.9. The molecule has 1 fully saturated rings. The van der Waals surface area contributed by atoms with Crippen LogP contribution in [0.4, 0.5) is 0 Å². The normalized spacial score (nSPS) is 17.1. The Morgan fingerprint density at radius 2 is 1.78 bits per heavy atom. The van der Waals surface area contributed by atoms with E-state index in [1.807, 2.05) is 0 Å². The van der Waals surface area contributed by atoms with Crippen molar-refractivity contribution >= 4 is 35.6 Å². The minimum Gasteiger partial charge on any atom is -0.481 e. The Kier molecular flexibility index (Phi) is 11.3. The molecule has 1 aliphatic rings. The fourth-order valence-electron chi connectivity index (χ4n) is 3.70. The van der Waals surface area contributed by atoms with Gasteiger partial charge in [-0.05, 0) is 32.2 Å². The van der Waals surface area contributed by atoms with Crippen molar-refractivity contribution in [1.29, 1.82) is 0 Å². The number of H-pyrrole nitrogens is 1. The van der Waals surface area contributed by atoms with Crippen molar-refractivity contribution in [3.63, 3.8) is 0 Å². The summed E-state index contributed by atoms with van der Waals surface area (Å²) in [6, 6.07) is -4.61. The average molecular weight is 524 g/mol. The van der Waals surface area contributed by atoms with Crippen molar-refractivity contribution < 1.29 is 34.2 Å². The summed E-state index contributed by atoms with van der Waals surface area (Å²) in [5, 5.41) is 29.0. The summed E-state index contributed by atoms with van der Waals surface area (Å²) in [6.45, 7) is 0.777. The average Bonchev–Trinajstić information content (AvgIpc) is 3.53. The second-order valence-electron chi connectivity index (χ2n) is 8.50. The van der Waals surface area contributed by atoms with Gasteiger partial charge in [-0.15, -0.1) is 0 Å². The Morgan fingerprint density at radius 1 is 1.08 bits per heavy atom. The number of carbonyl (C=O) groups excluding carboxylic acids is 3. The molecular weight excluding hydrogens is 490 g/mol. The lowest BCUT2D eigenvalue weighted by atomic mass is 10.1. The Hall–Kier alpha value is -4.21. The number of carboxylic acids is 2. The number of nitrogens with two attached hydrogens (primary N) is 2. The SMILES string of the molecule is NC(N)=NCCCC(NC(=O)C(Cc1cnc[nH]1)NC(=O)C(CC(=O)O)NC(=O)C1CCCN1)C(=O)O. The third-order valence-electron chi connectivity index (χ3n) is 5.56. The van der Waals surface area contributed by atoms with Gasteiger partial charge in [0.1, 0.15) is 18.1 Å². The maximum Gasteiger partial charge on any atom is 0.326 e. The number of guanidine groups is 1. The maximum absolute atomic E-state index is 13.0. The first-order valence-electron chi connectivity index (χ1n) is 11.7. The molecule has 0 bridgehead atoms. The summed E-state index contributed by atoms with van der Waals surface area (Å²) in [7, 11) is 0. The molecule has 0 spiro atoms. The lowest BCUT2D eigenvalue weighted by Crippen LogP contribution is -2.58. The smallest absolute Gasteiger partial charge is 0.326 e. The Balaban J connectivity index is 2.13. The van der Waals surface area contributed by atoms with Crippen molar-refractivity contribution in [2.45, 2.75) is 62.7 Å². The lowest BCUT2D eigenvalue weighted by molar-refractivity contribution is -0.143. The monoisotopic (exact) mass is 523 g/mol. The van der Waals surface area contributed by atoms with Crippen molar-refractivity contribution in [3.8, 4) is 0 Å². The van der Waals surface area contributed by atoms with Crippen LogP contribution in [0.25, 0.3) is 0 Å². The number of carboxylic acid groups (broad SMARTS) is 2. The van der Waals surface area contributed by atoms with Gasteiger partial charge in [0.05, 0.1) is 18.8 Å². The second-order valence-corrected chi connectivity index (χ2v) is 8.50. The van der Waals surface area contributed by atoms with Gasteiger partial charge < -0.3 is 47.9 Å². The molecule has 0 radical (unpaired) electrons. The highest BCUT2D eigenvalue weighted by Crippen LogP contribution is 2.07. The number of nitrogens with zero attached hydrogens (tertiary/aromatic N) is 2. The number of carbonyl (C=O) groups is 5. The van der Waals surface area contributed by atoms with E-state index in [-0.39, 0.29) is 31.8 Å². The molecule has 2 heterocycles. The van der Waals surface area contributed by atoms with E-state index in [1.54, 1.807) is 0 Å². The van der Waals surface area contributed by atoms with E-state index < -0.39 is 60.2 Å². The van der Waals surface area contributed by atoms with Crippen LogP contribution in [0, 0.1) is 0 Å². The first kappa shape index (κ1) is 29.0. The third-order valence-corrected chi connectivity index (χ3v) is 5.56. The van der Waals surface area contributed by atoms with Crippen LogP contribution in [0.15, 0.2) is 17.5 Å². The Morgan fingerprint density at radius 3 is 2.35 bits per heavy atom. The molecule has 0 aliphatic carbocycles. The highest BCUT2D eigenvalue weighted by molar-refractivity contribution is 5.95. The number of hydrogen-bond donors (Lipinski definition) is 9. The van der Waals surface area contributed by atoms with E-state index in [2.05, 4.69) is 36.2 Å². The van der Waals surface area contributed by atoms with Crippen LogP contribution in [0.5, 0.6) is 0 Å². The zero-order valence-electron chi connectivity index (χ0n) is 20.1. The molecule has 1 aromatic rings. The molecule has 37 heavy (non-hydrogen) atoms. The minimum absolute atomic E-state index is 0.00859. The topological polar surface area (TPSA) is 267 Å². The summed E-state index contributed by atoms with van der Waals surface area (Å²) in [6.07, 6.45) is 3.52. The van der Waals surface area contributed by atoms with E-state index in [9.17, 15) is 34.2 Å². The molecule has 4 atom stereocenters. The number of imidazole rings is 1. The lowest BCUT2D eigenvalue weighted by Gasteiger charge is -2.24. The zero-order valence-corrected chi connectivity index (χ0v) is 20.1. The van der Waals surface area contributed by atoms with Gasteiger partial charge in [0.15, 0.2) is 5.96 Å². The number of hydrogen-bond acceptors (Lipinski definition) is 8. The fraction of sp³-hybridized carbons (Fsp3) is 0.571. The van der Waals surface area contributed by atoms with Gasteiger partial charge >= 0.3 is 11.9 Å². The molecular formula is C21H33N9O7. The largest absolute Gasteiger partial charge is 0.481 e. The van der Waals surface area contributed by atoms with Gasteiger partial charge in [0.25, 0.3) is 0 Å². The van der Waals surface area contributed by atoms with Gasteiger partial charge in [-0.25, -0.2) is 9.78 Å². The summed E-state index contributed by atoms with van der Waals surface area (Å²) < 4.78 is 0. The molecule has 0 aromatic carbocycles. The van der Waals surface area contributed by atoms with Gasteiger partial charge in [-0.2, -0.15) is 0 Å². The number of aliphatic carboxylic acids is 2. The standard InChI is InChI=1S/C21H33N9O7/c22-21(23)26-6-2-4-13(20(36)37)28-18(34)14(7-11-9-24-10-27-11)29-19(35)15(8-16(31)32)30-17(33)12-3-1-5-25-12/h9-10,12-15,25H,1-8H2,(H,24,27)(H,28,34)(H,29,35)(H,30,33)(H,31,32)(H,36,37)(H4,22,23,26). The second kappa shape index (κ2) is 14.4. The summed E-state index contributed by atoms with van der Waals surface area (Å²) in [5.41, 5.74) is 10.9. The minimum atomic E-state index is -1.46. The van der Waals surface area contributed by atoms with Gasteiger partial charge in [0.2, 0.25) is 17.7 Å². The van der Waals surface area contributed by atoms with E-state index in [0.717, 1.165) is 6.42 Å². The van der Waals surface area contributed by atoms with E-state index in [0.29, 0.717) is 18.7 Å². The van der Waals surface area contributed by atoms with Crippen LogP contribution >= 0.6 is 0 Å². The molecule has 2 rings (SSSR count). The first-order chi connectivity index (χ1) is 17.6. The molecule has 1 aromatic heterocycles. The molecule has 1 saturated heterocycles. The van der Waals surface area contributed by atoms with Crippen LogP contribution in [-0.2, 0) is 30.4 Å². The van der Waals surface area contributed by atoms with Crippen molar-refractivity contribution in [2.75, 3.05) is 13.1 Å². The van der Waals surface area contributed by atoms with Gasteiger partial charge in [-0.3, -0.25) is 24.2 Å². The number of amides is 3. The fourth-order valence-corrected chi connectivity index (χ4v) is 3.70. The van der Waals surface area contributed by atoms with E-state index >= 15 is 0 Å². The van der Waals surface area contributed by atoms with Crippen molar-refractivity contribution in [2.24, 2.45) is 16.5 Å². The molecule has 11 N–H and O–H groups in total. The predicted molar refractivity (Wildman–Crippen MR) is 129 cm³/mol. The molecule has 1 aliphatic heterocycles. The van der Waals surface area contributed by atoms with Crippen LogP contribution in [0.1, 0.15) is 37.8 Å². The van der Waals surface area contributed by atoms with Crippen LogP contribution in [0.2, 0.25) is 0 Å². The Labute approximate surface area is 212 Å². The van der Waals surface area contributed by atoms with E-state index in [4.69, 9.17) is 11.5 Å². The molecule has 16 nitrogen and oxygen atoms in total. The highest BCUT2D eigenvalue weighted by Gasteiger charge is 2.32.